The molecule has 2 N–H and O–H groups in total. The number of benzene rings is 1. The van der Waals surface area contributed by atoms with Gasteiger partial charge in [0.2, 0.25) is 10.0 Å². The largest absolute Gasteiger partial charge is 0.490 e. The van der Waals surface area contributed by atoms with Gasteiger partial charge in [0, 0.05) is 19.0 Å². The van der Waals surface area contributed by atoms with Gasteiger partial charge in [0.15, 0.2) is 11.5 Å². The lowest BCUT2D eigenvalue weighted by Gasteiger charge is -2.17. The number of nitrogens with one attached hydrogen (secondary N) is 1. The molecule has 0 saturated carbocycles. The maximum absolute atomic E-state index is 12.6. The van der Waals surface area contributed by atoms with E-state index in [1.807, 2.05) is 16.8 Å². The fourth-order valence-corrected chi connectivity index (χ4v) is 4.25. The maximum atomic E-state index is 12.6. The van der Waals surface area contributed by atoms with Gasteiger partial charge in [-0.15, -0.1) is 0 Å². The second-order valence-corrected chi connectivity index (χ2v) is 8.20. The Bertz CT molecular complexity index is 807. The molecule has 1 aromatic carbocycles. The number of aliphatic hydroxyl groups is 1. The lowest BCUT2D eigenvalue weighted by Crippen LogP contribution is -2.30. The van der Waals surface area contributed by atoms with E-state index >= 15 is 0 Å². The van der Waals surface area contributed by atoms with Gasteiger partial charge in [-0.3, -0.25) is 0 Å². The summed E-state index contributed by atoms with van der Waals surface area (Å²) in [6.45, 7) is 1.09. The van der Waals surface area contributed by atoms with Crippen LogP contribution in [0.4, 0.5) is 0 Å². The third-order valence-electron chi connectivity index (χ3n) is 3.81. The molecule has 1 aromatic heterocycles. The Morgan fingerprint density at radius 1 is 1.23 bits per heavy atom. The number of aliphatic hydroxyl groups excluding tert-OH is 1. The van der Waals surface area contributed by atoms with Gasteiger partial charge < -0.3 is 19.3 Å². The molecule has 0 bridgehead atoms. The number of thiophene rings is 1. The summed E-state index contributed by atoms with van der Waals surface area (Å²) in [6.07, 6.45) is 0.281. The summed E-state index contributed by atoms with van der Waals surface area (Å²) in [5.74, 6) is 0.972. The molecule has 1 atom stereocenters. The van der Waals surface area contributed by atoms with Gasteiger partial charge in [-0.1, -0.05) is 0 Å². The van der Waals surface area contributed by atoms with Crippen LogP contribution in [0.25, 0.3) is 0 Å². The molecule has 2 aromatic rings. The van der Waals surface area contributed by atoms with E-state index in [4.69, 9.17) is 19.3 Å². The van der Waals surface area contributed by atoms with E-state index in [-0.39, 0.29) is 24.7 Å². The molecule has 26 heavy (non-hydrogen) atoms. The van der Waals surface area contributed by atoms with Crippen molar-refractivity contribution in [3.05, 3.63) is 40.6 Å². The lowest BCUT2D eigenvalue weighted by atomic mass is 10.2. The van der Waals surface area contributed by atoms with Crippen LogP contribution in [-0.2, 0) is 14.8 Å². The van der Waals surface area contributed by atoms with Crippen LogP contribution in [0.15, 0.2) is 39.9 Å². The number of fused-ring (bicyclic) bond motifs is 1. The number of ether oxygens (including phenoxy) is 3. The van der Waals surface area contributed by atoms with Gasteiger partial charge in [-0.25, -0.2) is 13.1 Å². The highest BCUT2D eigenvalue weighted by molar-refractivity contribution is 7.89. The minimum Gasteiger partial charge on any atom is -0.490 e. The Hall–Kier alpha value is -1.65. The Balaban J connectivity index is 1.72. The molecule has 7 nitrogen and oxygen atoms in total. The molecule has 0 aliphatic carbocycles. The molecule has 1 unspecified atom stereocenters. The zero-order valence-electron chi connectivity index (χ0n) is 14.1. The predicted molar refractivity (Wildman–Crippen MR) is 97.3 cm³/mol. The monoisotopic (exact) mass is 399 g/mol. The lowest BCUT2D eigenvalue weighted by molar-refractivity contribution is 0.0311. The molecule has 1 aliphatic heterocycles. The molecule has 2 heterocycles. The minimum atomic E-state index is -3.74. The highest BCUT2D eigenvalue weighted by Gasteiger charge is 2.21. The van der Waals surface area contributed by atoms with Crippen LogP contribution in [0.1, 0.15) is 18.1 Å². The van der Waals surface area contributed by atoms with Gasteiger partial charge in [0.25, 0.3) is 0 Å². The molecule has 142 valence electrons. The van der Waals surface area contributed by atoms with E-state index in [1.54, 1.807) is 6.07 Å². The molecule has 1 aliphatic rings. The number of hydrogen-bond acceptors (Lipinski definition) is 7. The number of sulfonamides is 1. The Morgan fingerprint density at radius 2 is 2.04 bits per heavy atom. The van der Waals surface area contributed by atoms with Crippen molar-refractivity contribution in [1.82, 2.24) is 4.72 Å². The zero-order valence-corrected chi connectivity index (χ0v) is 15.7. The zero-order chi connectivity index (χ0) is 18.4. The van der Waals surface area contributed by atoms with Crippen molar-refractivity contribution in [3.8, 4) is 11.5 Å². The SMILES string of the molecule is O=S(=O)(NCC(OCCO)c1ccsc1)c1ccc2c(c1)OCCCO2. The van der Waals surface area contributed by atoms with Crippen LogP contribution in [0, 0.1) is 0 Å². The summed E-state index contributed by atoms with van der Waals surface area (Å²) < 4.78 is 44.5. The second-order valence-electron chi connectivity index (χ2n) is 5.65. The normalized spacial score (nSPS) is 15.4. The van der Waals surface area contributed by atoms with Crippen LogP contribution in [-0.4, -0.2) is 46.5 Å². The standard InChI is InChI=1S/C17H21NO6S2/c19-5-8-24-17(13-4-9-25-12-13)11-18-26(20,21)14-2-3-15-16(10-14)23-7-1-6-22-15/h2-4,9-10,12,17-19H,1,5-8,11H2. The summed E-state index contributed by atoms with van der Waals surface area (Å²) in [5, 5.41) is 12.8. The quantitative estimate of drug-likeness (QED) is 0.705. The van der Waals surface area contributed by atoms with Crippen molar-refractivity contribution in [2.75, 3.05) is 33.0 Å². The Kier molecular flexibility index (Phi) is 6.49. The topological polar surface area (TPSA) is 94.1 Å². The fraction of sp³-hybridized carbons (Fsp3) is 0.412. The summed E-state index contributed by atoms with van der Waals surface area (Å²) in [5.41, 5.74) is 0.866. The van der Waals surface area contributed by atoms with Gasteiger partial charge in [0.05, 0.1) is 37.4 Å². The molecule has 9 heteroatoms. The molecule has 0 radical (unpaired) electrons. The minimum absolute atomic E-state index is 0.0630. The number of rotatable bonds is 8. The molecule has 0 fully saturated rings. The van der Waals surface area contributed by atoms with Crippen molar-refractivity contribution in [2.45, 2.75) is 17.4 Å². The average Bonchev–Trinajstić information content (AvgIpc) is 3.06. The van der Waals surface area contributed by atoms with E-state index in [0.717, 1.165) is 12.0 Å². The van der Waals surface area contributed by atoms with Gasteiger partial charge in [-0.2, -0.15) is 11.3 Å². The first kappa shape index (κ1) is 19.1. The number of hydrogen-bond donors (Lipinski definition) is 2. The summed E-state index contributed by atoms with van der Waals surface area (Å²) >= 11 is 1.50. The average molecular weight is 399 g/mol. The first-order chi connectivity index (χ1) is 12.6. The van der Waals surface area contributed by atoms with E-state index in [0.29, 0.717) is 24.7 Å². The van der Waals surface area contributed by atoms with Gasteiger partial charge >= 0.3 is 0 Å². The van der Waals surface area contributed by atoms with Crippen LogP contribution in [0.5, 0.6) is 11.5 Å². The van der Waals surface area contributed by atoms with Crippen LogP contribution in [0.2, 0.25) is 0 Å². The predicted octanol–water partition coefficient (Wildman–Crippen LogP) is 1.94. The van der Waals surface area contributed by atoms with E-state index in [1.165, 1.54) is 23.5 Å². The molecular weight excluding hydrogens is 378 g/mol. The Morgan fingerprint density at radius 3 is 2.77 bits per heavy atom. The van der Waals surface area contributed by atoms with E-state index in [9.17, 15) is 8.42 Å². The van der Waals surface area contributed by atoms with Crippen molar-refractivity contribution < 1.29 is 27.7 Å². The second kappa shape index (κ2) is 8.83. The van der Waals surface area contributed by atoms with E-state index < -0.39 is 16.1 Å². The summed E-state index contributed by atoms with van der Waals surface area (Å²) in [7, 11) is -3.74. The van der Waals surface area contributed by atoms with Gasteiger partial charge in [0.1, 0.15) is 0 Å². The third-order valence-corrected chi connectivity index (χ3v) is 5.94. The molecule has 3 rings (SSSR count). The van der Waals surface area contributed by atoms with Crippen molar-refractivity contribution >= 4 is 21.4 Å². The van der Waals surface area contributed by atoms with Crippen molar-refractivity contribution in [2.24, 2.45) is 0 Å². The van der Waals surface area contributed by atoms with Crippen LogP contribution in [0.3, 0.4) is 0 Å². The highest BCUT2D eigenvalue weighted by atomic mass is 32.2. The van der Waals surface area contributed by atoms with Gasteiger partial charge in [-0.05, 0) is 34.5 Å². The first-order valence-electron chi connectivity index (χ1n) is 8.24. The molecule has 0 saturated heterocycles. The molecule has 0 spiro atoms. The third kappa shape index (κ3) is 4.74. The Labute approximate surface area is 156 Å². The summed E-state index contributed by atoms with van der Waals surface area (Å²) in [6, 6.07) is 6.43. The van der Waals surface area contributed by atoms with Crippen LogP contribution < -0.4 is 14.2 Å². The van der Waals surface area contributed by atoms with Crippen molar-refractivity contribution in [1.29, 1.82) is 0 Å². The first-order valence-corrected chi connectivity index (χ1v) is 10.7. The van der Waals surface area contributed by atoms with Crippen LogP contribution >= 0.6 is 11.3 Å². The fourth-order valence-electron chi connectivity index (χ4n) is 2.51. The highest BCUT2D eigenvalue weighted by Crippen LogP contribution is 2.32. The van der Waals surface area contributed by atoms with E-state index in [2.05, 4.69) is 4.72 Å². The smallest absolute Gasteiger partial charge is 0.240 e. The maximum Gasteiger partial charge on any atom is 0.240 e. The molecular formula is C17H21NO6S2. The van der Waals surface area contributed by atoms with Crippen molar-refractivity contribution in [3.63, 3.8) is 0 Å². The summed E-state index contributed by atoms with van der Waals surface area (Å²) in [4.78, 5) is 0.105. The molecule has 0 amide bonds.